The summed E-state index contributed by atoms with van der Waals surface area (Å²) in [7, 11) is 1.37. The molecular formula is C6H11NO2S2. The first-order chi connectivity index (χ1) is 5.16. The zero-order valence-corrected chi connectivity index (χ0v) is 7.96. The lowest BCUT2D eigenvalue weighted by atomic mass is 10.5. The minimum atomic E-state index is -0.210. The molecule has 0 aliphatic carbocycles. The number of rotatable bonds is 5. The normalized spacial score (nSPS) is 9.18. The minimum Gasteiger partial charge on any atom is -0.468 e. The smallest absolute Gasteiger partial charge is 0.315 e. The first kappa shape index (κ1) is 10.7. The van der Waals surface area contributed by atoms with Crippen molar-refractivity contribution >= 4 is 34.9 Å². The molecule has 0 rings (SSSR count). The predicted octanol–water partition coefficient (Wildman–Crippen LogP) is 0.569. The Morgan fingerprint density at radius 2 is 2.36 bits per heavy atom. The fourth-order valence-electron chi connectivity index (χ4n) is 0.387. The van der Waals surface area contributed by atoms with Crippen LogP contribution in [0.5, 0.6) is 0 Å². The molecule has 0 aliphatic rings. The Labute approximate surface area is 75.7 Å². The van der Waals surface area contributed by atoms with E-state index in [2.05, 4.69) is 17.0 Å². The lowest BCUT2D eigenvalue weighted by molar-refractivity contribution is -0.137. The largest absolute Gasteiger partial charge is 0.468 e. The number of hydrogen-bond acceptors (Lipinski definition) is 4. The van der Waals surface area contributed by atoms with Crippen LogP contribution >= 0.6 is 24.0 Å². The standard InChI is InChI=1S/C6H11NO2S2/c1-9-6(8)4-11-3-2-5(7)10/h2-4H2,1H3,(H2,7,10). The van der Waals surface area contributed by atoms with Gasteiger partial charge in [0.1, 0.15) is 0 Å². The quantitative estimate of drug-likeness (QED) is 0.393. The number of thiocarbonyl (C=S) groups is 1. The Kier molecular flexibility index (Phi) is 6.25. The third-order valence-electron chi connectivity index (χ3n) is 0.940. The van der Waals surface area contributed by atoms with E-state index in [0.29, 0.717) is 17.2 Å². The molecule has 0 aliphatic heterocycles. The average molecular weight is 193 g/mol. The number of carbonyl (C=O) groups excluding carboxylic acids is 1. The van der Waals surface area contributed by atoms with Crippen molar-refractivity contribution in [1.29, 1.82) is 0 Å². The van der Waals surface area contributed by atoms with E-state index in [1.54, 1.807) is 0 Å². The SMILES string of the molecule is COC(=O)CSCCC(N)=S. The Balaban J connectivity index is 3.14. The van der Waals surface area contributed by atoms with Crippen molar-refractivity contribution in [2.75, 3.05) is 18.6 Å². The van der Waals surface area contributed by atoms with Crippen LogP contribution < -0.4 is 5.73 Å². The number of esters is 1. The van der Waals surface area contributed by atoms with Gasteiger partial charge in [-0.05, 0) is 0 Å². The van der Waals surface area contributed by atoms with Gasteiger partial charge in [0.05, 0.1) is 17.9 Å². The van der Waals surface area contributed by atoms with Crippen LogP contribution in [0.1, 0.15) is 6.42 Å². The van der Waals surface area contributed by atoms with E-state index in [0.717, 1.165) is 5.75 Å². The number of nitrogens with two attached hydrogens (primary N) is 1. The van der Waals surface area contributed by atoms with E-state index in [1.807, 2.05) is 0 Å². The summed E-state index contributed by atoms with van der Waals surface area (Å²) in [6.45, 7) is 0. The Bertz CT molecular complexity index is 150. The molecular weight excluding hydrogens is 182 g/mol. The topological polar surface area (TPSA) is 52.3 Å². The van der Waals surface area contributed by atoms with E-state index >= 15 is 0 Å². The monoisotopic (exact) mass is 193 g/mol. The molecule has 2 N–H and O–H groups in total. The third kappa shape index (κ3) is 7.61. The van der Waals surface area contributed by atoms with Gasteiger partial charge in [0.15, 0.2) is 0 Å². The molecule has 0 heterocycles. The number of thioether (sulfide) groups is 1. The second-order valence-corrected chi connectivity index (χ2v) is 3.47. The first-order valence-electron chi connectivity index (χ1n) is 3.09. The van der Waals surface area contributed by atoms with Gasteiger partial charge in [-0.15, -0.1) is 11.8 Å². The van der Waals surface area contributed by atoms with Crippen LogP contribution in [0.4, 0.5) is 0 Å². The van der Waals surface area contributed by atoms with Crippen molar-refractivity contribution in [1.82, 2.24) is 0 Å². The lowest BCUT2D eigenvalue weighted by Gasteiger charge is -1.98. The summed E-state index contributed by atoms with van der Waals surface area (Å²) in [6.07, 6.45) is 0.678. The average Bonchev–Trinajstić information content (AvgIpc) is 1.97. The molecule has 0 aromatic heterocycles. The maximum Gasteiger partial charge on any atom is 0.315 e. The van der Waals surface area contributed by atoms with Crippen molar-refractivity contribution in [2.45, 2.75) is 6.42 Å². The molecule has 3 nitrogen and oxygen atoms in total. The van der Waals surface area contributed by atoms with Gasteiger partial charge in [-0.2, -0.15) is 0 Å². The van der Waals surface area contributed by atoms with E-state index < -0.39 is 0 Å². The van der Waals surface area contributed by atoms with Crippen molar-refractivity contribution in [2.24, 2.45) is 5.73 Å². The zero-order valence-electron chi connectivity index (χ0n) is 6.33. The fourth-order valence-corrected chi connectivity index (χ4v) is 1.41. The summed E-state index contributed by atoms with van der Waals surface area (Å²) in [5.74, 6) is 0.946. The molecule has 0 bridgehead atoms. The van der Waals surface area contributed by atoms with Crippen molar-refractivity contribution in [3.05, 3.63) is 0 Å². The van der Waals surface area contributed by atoms with Crippen molar-refractivity contribution in [3.63, 3.8) is 0 Å². The molecule has 0 unspecified atom stereocenters. The summed E-state index contributed by atoms with van der Waals surface area (Å²) >= 11 is 6.12. The van der Waals surface area contributed by atoms with E-state index in [4.69, 9.17) is 5.73 Å². The number of hydrogen-bond donors (Lipinski definition) is 1. The maximum atomic E-state index is 10.5. The highest BCUT2D eigenvalue weighted by atomic mass is 32.2. The Morgan fingerprint density at radius 3 is 2.82 bits per heavy atom. The molecule has 0 fully saturated rings. The van der Waals surface area contributed by atoms with Crippen LogP contribution in [0.15, 0.2) is 0 Å². The number of ether oxygens (including phenoxy) is 1. The van der Waals surface area contributed by atoms with Gasteiger partial charge < -0.3 is 10.5 Å². The van der Waals surface area contributed by atoms with Crippen LogP contribution in [0, 0.1) is 0 Å². The van der Waals surface area contributed by atoms with Gasteiger partial charge in [-0.1, -0.05) is 12.2 Å². The molecule has 0 spiro atoms. The second kappa shape index (κ2) is 6.42. The van der Waals surface area contributed by atoms with Crippen molar-refractivity contribution in [3.8, 4) is 0 Å². The van der Waals surface area contributed by atoms with Gasteiger partial charge in [0, 0.05) is 12.2 Å². The van der Waals surface area contributed by atoms with E-state index in [9.17, 15) is 4.79 Å². The van der Waals surface area contributed by atoms with Crippen LogP contribution in [-0.2, 0) is 9.53 Å². The predicted molar refractivity (Wildman–Crippen MR) is 50.7 cm³/mol. The molecule has 0 amide bonds. The molecule has 11 heavy (non-hydrogen) atoms. The Hall–Kier alpha value is -0.290. The molecule has 0 aromatic carbocycles. The van der Waals surface area contributed by atoms with Crippen LogP contribution in [0.25, 0.3) is 0 Å². The highest BCUT2D eigenvalue weighted by molar-refractivity contribution is 8.00. The summed E-state index contributed by atoms with van der Waals surface area (Å²) in [6, 6.07) is 0. The number of methoxy groups -OCH3 is 1. The van der Waals surface area contributed by atoms with Gasteiger partial charge >= 0.3 is 5.97 Å². The maximum absolute atomic E-state index is 10.5. The van der Waals surface area contributed by atoms with Gasteiger partial charge in [0.25, 0.3) is 0 Å². The highest BCUT2D eigenvalue weighted by Crippen LogP contribution is 2.02. The summed E-state index contributed by atoms with van der Waals surface area (Å²) in [5.41, 5.74) is 5.24. The third-order valence-corrected chi connectivity index (χ3v) is 2.08. The minimum absolute atomic E-state index is 0.210. The van der Waals surface area contributed by atoms with Crippen LogP contribution in [0.2, 0.25) is 0 Å². The second-order valence-electron chi connectivity index (χ2n) is 1.85. The Morgan fingerprint density at radius 1 is 1.73 bits per heavy atom. The number of carbonyl (C=O) groups is 1. The molecule has 0 saturated carbocycles. The molecule has 0 saturated heterocycles. The summed E-state index contributed by atoms with van der Waals surface area (Å²) in [4.78, 5) is 11.0. The van der Waals surface area contributed by atoms with Crippen LogP contribution in [0.3, 0.4) is 0 Å². The molecule has 5 heteroatoms. The van der Waals surface area contributed by atoms with Crippen molar-refractivity contribution < 1.29 is 9.53 Å². The van der Waals surface area contributed by atoms with Gasteiger partial charge in [-0.25, -0.2) is 0 Å². The zero-order chi connectivity index (χ0) is 8.69. The first-order valence-corrected chi connectivity index (χ1v) is 4.66. The summed E-state index contributed by atoms with van der Waals surface area (Å²) < 4.78 is 4.43. The molecule has 0 aromatic rings. The van der Waals surface area contributed by atoms with Gasteiger partial charge in [-0.3, -0.25) is 4.79 Å². The van der Waals surface area contributed by atoms with E-state index in [-0.39, 0.29) is 5.97 Å². The molecule has 0 radical (unpaired) electrons. The fraction of sp³-hybridized carbons (Fsp3) is 0.667. The summed E-state index contributed by atoms with van der Waals surface area (Å²) in [5, 5.41) is 0. The van der Waals surface area contributed by atoms with Gasteiger partial charge in [0.2, 0.25) is 0 Å². The van der Waals surface area contributed by atoms with E-state index in [1.165, 1.54) is 18.9 Å². The lowest BCUT2D eigenvalue weighted by Crippen LogP contribution is -2.10. The van der Waals surface area contributed by atoms with Crippen LogP contribution in [-0.4, -0.2) is 29.6 Å². The molecule has 0 atom stereocenters. The molecule has 64 valence electrons. The highest BCUT2D eigenvalue weighted by Gasteiger charge is 1.99.